The number of benzene rings is 2. The summed E-state index contributed by atoms with van der Waals surface area (Å²) < 4.78 is 27.5. The highest BCUT2D eigenvalue weighted by molar-refractivity contribution is 8.00. The largest absolute Gasteiger partial charge is 0.335 e. The Balaban J connectivity index is 1.70. The standard InChI is InChI=1S/C17H15F2N5OS/c1-10(16(25)21-14-4-2-3-13(19)9-14)26-17-23-22-15(24(17)20)11-5-7-12(18)8-6-11/h2-10H,20H2,1H3,(H,21,25). The van der Waals surface area contributed by atoms with Gasteiger partial charge in [0.15, 0.2) is 5.82 Å². The maximum Gasteiger partial charge on any atom is 0.237 e. The molecule has 6 nitrogen and oxygen atoms in total. The lowest BCUT2D eigenvalue weighted by molar-refractivity contribution is -0.115. The van der Waals surface area contributed by atoms with Crippen molar-refractivity contribution in [3.63, 3.8) is 0 Å². The molecule has 1 atom stereocenters. The van der Waals surface area contributed by atoms with Crippen molar-refractivity contribution >= 4 is 23.4 Å². The van der Waals surface area contributed by atoms with Gasteiger partial charge in [0.25, 0.3) is 0 Å². The van der Waals surface area contributed by atoms with Crippen LogP contribution < -0.4 is 11.2 Å². The van der Waals surface area contributed by atoms with Crippen LogP contribution >= 0.6 is 11.8 Å². The third kappa shape index (κ3) is 3.99. The number of halogens is 2. The van der Waals surface area contributed by atoms with Gasteiger partial charge in [-0.2, -0.15) is 0 Å². The Labute approximate surface area is 152 Å². The molecule has 0 saturated heterocycles. The maximum atomic E-state index is 13.2. The zero-order valence-electron chi connectivity index (χ0n) is 13.7. The predicted molar refractivity (Wildman–Crippen MR) is 95.9 cm³/mol. The monoisotopic (exact) mass is 375 g/mol. The molecule has 26 heavy (non-hydrogen) atoms. The van der Waals surface area contributed by atoms with E-state index in [-0.39, 0.29) is 11.7 Å². The van der Waals surface area contributed by atoms with Crippen LogP contribution in [0.4, 0.5) is 14.5 Å². The molecule has 0 spiro atoms. The molecule has 3 N–H and O–H groups in total. The van der Waals surface area contributed by atoms with Gasteiger partial charge in [0.05, 0.1) is 5.25 Å². The zero-order chi connectivity index (χ0) is 18.7. The fourth-order valence-corrected chi connectivity index (χ4v) is 2.95. The first-order valence-corrected chi connectivity index (χ1v) is 8.51. The van der Waals surface area contributed by atoms with Crippen LogP contribution in [0.25, 0.3) is 11.4 Å². The highest BCUT2D eigenvalue weighted by atomic mass is 32.2. The highest BCUT2D eigenvalue weighted by Gasteiger charge is 2.20. The quantitative estimate of drug-likeness (QED) is 0.529. The van der Waals surface area contributed by atoms with E-state index in [2.05, 4.69) is 15.5 Å². The van der Waals surface area contributed by atoms with Crippen molar-refractivity contribution in [1.82, 2.24) is 14.9 Å². The number of amides is 1. The van der Waals surface area contributed by atoms with Crippen LogP contribution in [0.3, 0.4) is 0 Å². The van der Waals surface area contributed by atoms with Crippen LogP contribution in [-0.4, -0.2) is 26.0 Å². The Kier molecular flexibility index (Phi) is 5.17. The summed E-state index contributed by atoms with van der Waals surface area (Å²) in [5.41, 5.74) is 0.966. The molecule has 1 aromatic heterocycles. The molecule has 9 heteroatoms. The molecule has 3 rings (SSSR count). The first-order chi connectivity index (χ1) is 12.4. The van der Waals surface area contributed by atoms with E-state index in [1.54, 1.807) is 13.0 Å². The smallest absolute Gasteiger partial charge is 0.237 e. The van der Waals surface area contributed by atoms with Gasteiger partial charge in [0.2, 0.25) is 11.1 Å². The molecule has 1 amide bonds. The molecular formula is C17H15F2N5OS. The van der Waals surface area contributed by atoms with Crippen molar-refractivity contribution in [2.24, 2.45) is 0 Å². The van der Waals surface area contributed by atoms with E-state index in [9.17, 15) is 13.6 Å². The summed E-state index contributed by atoms with van der Waals surface area (Å²) in [6.45, 7) is 1.67. The number of nitrogens with two attached hydrogens (primary N) is 1. The fourth-order valence-electron chi connectivity index (χ4n) is 2.17. The van der Waals surface area contributed by atoms with Gasteiger partial charge in [0.1, 0.15) is 11.6 Å². The van der Waals surface area contributed by atoms with Gasteiger partial charge in [-0.3, -0.25) is 4.79 Å². The summed E-state index contributed by atoms with van der Waals surface area (Å²) in [6, 6.07) is 11.3. The fraction of sp³-hybridized carbons (Fsp3) is 0.118. The van der Waals surface area contributed by atoms with Gasteiger partial charge in [-0.1, -0.05) is 17.8 Å². The molecular weight excluding hydrogens is 360 g/mol. The van der Waals surface area contributed by atoms with E-state index in [1.807, 2.05) is 0 Å². The Hall–Kier alpha value is -2.94. The average molecular weight is 375 g/mol. The van der Waals surface area contributed by atoms with E-state index >= 15 is 0 Å². The van der Waals surface area contributed by atoms with Crippen LogP contribution in [-0.2, 0) is 4.79 Å². The minimum atomic E-state index is -0.550. The van der Waals surface area contributed by atoms with Crippen molar-refractivity contribution in [2.45, 2.75) is 17.3 Å². The lowest BCUT2D eigenvalue weighted by atomic mass is 10.2. The molecule has 1 unspecified atom stereocenters. The number of aromatic nitrogens is 3. The first kappa shape index (κ1) is 17.9. The third-order valence-electron chi connectivity index (χ3n) is 3.51. The molecule has 0 bridgehead atoms. The van der Waals surface area contributed by atoms with Crippen molar-refractivity contribution in [3.8, 4) is 11.4 Å². The summed E-state index contributed by atoms with van der Waals surface area (Å²) in [5, 5.41) is 10.4. The maximum absolute atomic E-state index is 13.2. The zero-order valence-corrected chi connectivity index (χ0v) is 14.5. The second-order valence-corrected chi connectivity index (χ2v) is 6.75. The predicted octanol–water partition coefficient (Wildman–Crippen LogP) is 3.06. The molecule has 1 heterocycles. The summed E-state index contributed by atoms with van der Waals surface area (Å²) >= 11 is 1.10. The van der Waals surface area contributed by atoms with Crippen LogP contribution in [0.2, 0.25) is 0 Å². The van der Waals surface area contributed by atoms with Crippen LogP contribution in [0.15, 0.2) is 53.7 Å². The molecule has 0 aliphatic carbocycles. The van der Waals surface area contributed by atoms with Crippen molar-refractivity contribution in [2.75, 3.05) is 11.2 Å². The average Bonchev–Trinajstić information content (AvgIpc) is 2.96. The van der Waals surface area contributed by atoms with Gasteiger partial charge < -0.3 is 11.2 Å². The summed E-state index contributed by atoms with van der Waals surface area (Å²) in [5.74, 6) is 5.21. The normalized spacial score (nSPS) is 12.0. The molecule has 0 radical (unpaired) electrons. The van der Waals surface area contributed by atoms with E-state index in [4.69, 9.17) is 5.84 Å². The minimum absolute atomic E-state index is 0.325. The van der Waals surface area contributed by atoms with Gasteiger partial charge in [0, 0.05) is 11.3 Å². The second kappa shape index (κ2) is 7.52. The molecule has 0 aliphatic rings. The van der Waals surface area contributed by atoms with E-state index < -0.39 is 11.1 Å². The Morgan fingerprint density at radius 3 is 2.58 bits per heavy atom. The van der Waals surface area contributed by atoms with Crippen LogP contribution in [0.1, 0.15) is 6.92 Å². The number of carbonyl (C=O) groups excluding carboxylic acids is 1. The number of rotatable bonds is 5. The summed E-state index contributed by atoms with van der Waals surface area (Å²) in [4.78, 5) is 12.3. The van der Waals surface area contributed by atoms with Crippen molar-refractivity contribution in [1.29, 1.82) is 0 Å². The number of hydrogen-bond acceptors (Lipinski definition) is 5. The minimum Gasteiger partial charge on any atom is -0.335 e. The van der Waals surface area contributed by atoms with Crippen LogP contribution in [0.5, 0.6) is 0 Å². The number of hydrogen-bond donors (Lipinski definition) is 2. The van der Waals surface area contributed by atoms with E-state index in [0.29, 0.717) is 22.2 Å². The Bertz CT molecular complexity index is 929. The number of nitrogen functional groups attached to an aromatic ring is 1. The summed E-state index contributed by atoms with van der Waals surface area (Å²) in [6.07, 6.45) is 0. The highest BCUT2D eigenvalue weighted by Crippen LogP contribution is 2.25. The topological polar surface area (TPSA) is 85.8 Å². The number of nitrogens with zero attached hydrogens (tertiary/aromatic N) is 3. The second-order valence-electron chi connectivity index (χ2n) is 5.44. The molecule has 3 aromatic rings. The lowest BCUT2D eigenvalue weighted by Gasteiger charge is -2.11. The Morgan fingerprint density at radius 2 is 1.88 bits per heavy atom. The number of thioether (sulfide) groups is 1. The number of carbonyl (C=O) groups is 1. The van der Waals surface area contributed by atoms with Gasteiger partial charge in [-0.25, -0.2) is 13.5 Å². The number of nitrogens with one attached hydrogen (secondary N) is 1. The Morgan fingerprint density at radius 1 is 1.15 bits per heavy atom. The molecule has 134 valence electrons. The molecule has 0 aliphatic heterocycles. The lowest BCUT2D eigenvalue weighted by Crippen LogP contribution is -2.23. The van der Waals surface area contributed by atoms with Gasteiger partial charge in [-0.15, -0.1) is 10.2 Å². The van der Waals surface area contributed by atoms with Gasteiger partial charge in [-0.05, 0) is 49.4 Å². The van der Waals surface area contributed by atoms with Gasteiger partial charge >= 0.3 is 0 Å². The SMILES string of the molecule is CC(Sc1nnc(-c2ccc(F)cc2)n1N)C(=O)Nc1cccc(F)c1. The third-order valence-corrected chi connectivity index (χ3v) is 4.57. The van der Waals surface area contributed by atoms with E-state index in [0.717, 1.165) is 11.8 Å². The van der Waals surface area contributed by atoms with E-state index in [1.165, 1.54) is 47.1 Å². The van der Waals surface area contributed by atoms with Crippen molar-refractivity contribution in [3.05, 3.63) is 60.2 Å². The van der Waals surface area contributed by atoms with Crippen LogP contribution in [0, 0.1) is 11.6 Å². The number of anilines is 1. The molecule has 0 saturated carbocycles. The summed E-state index contributed by atoms with van der Waals surface area (Å²) in [7, 11) is 0. The van der Waals surface area contributed by atoms with Crippen molar-refractivity contribution < 1.29 is 13.6 Å². The first-order valence-electron chi connectivity index (χ1n) is 7.63. The molecule has 2 aromatic carbocycles. The molecule has 0 fully saturated rings.